The number of anilines is 1. The maximum absolute atomic E-state index is 14.2. The molecule has 0 saturated carbocycles. The zero-order valence-electron chi connectivity index (χ0n) is 24.9. The van der Waals surface area contributed by atoms with E-state index in [2.05, 4.69) is 5.32 Å². The molecule has 42 heavy (non-hydrogen) atoms. The lowest BCUT2D eigenvalue weighted by molar-refractivity contribution is -0.140. The molecule has 0 fully saturated rings. The lowest BCUT2D eigenvalue weighted by Gasteiger charge is -2.34. The average Bonchev–Trinajstić information content (AvgIpc) is 2.92. The number of carbonyl (C=O) groups excluding carboxylic acids is 2. The largest absolute Gasteiger partial charge is 0.352 e. The van der Waals surface area contributed by atoms with Gasteiger partial charge in [-0.2, -0.15) is 0 Å². The van der Waals surface area contributed by atoms with Gasteiger partial charge in [0.05, 0.1) is 20.6 Å². The Labute approximate surface area is 259 Å². The molecule has 2 amide bonds. The number of carbonyl (C=O) groups is 2. The molecule has 1 N–H and O–H groups in total. The van der Waals surface area contributed by atoms with Crippen molar-refractivity contribution < 1.29 is 18.0 Å². The van der Waals surface area contributed by atoms with Crippen LogP contribution in [0.25, 0.3) is 0 Å². The highest BCUT2D eigenvalue weighted by atomic mass is 35.5. The van der Waals surface area contributed by atoms with Gasteiger partial charge in [0.25, 0.3) is 10.0 Å². The molecule has 0 spiro atoms. The van der Waals surface area contributed by atoms with Gasteiger partial charge in [-0.25, -0.2) is 8.42 Å². The number of halogens is 2. The molecule has 10 heteroatoms. The van der Waals surface area contributed by atoms with Gasteiger partial charge in [-0.15, -0.1) is 0 Å². The quantitative estimate of drug-likeness (QED) is 0.237. The molecule has 226 valence electrons. The summed E-state index contributed by atoms with van der Waals surface area (Å²) in [6.45, 7) is 10.8. The number of nitrogens with zero attached hydrogens (tertiary/aromatic N) is 2. The molecule has 0 radical (unpaired) electrons. The third-order valence-electron chi connectivity index (χ3n) is 7.11. The predicted octanol–water partition coefficient (Wildman–Crippen LogP) is 6.84. The van der Waals surface area contributed by atoms with E-state index in [-0.39, 0.29) is 23.4 Å². The number of hydrogen-bond acceptors (Lipinski definition) is 4. The number of sulfonamides is 1. The minimum atomic E-state index is -4.15. The van der Waals surface area contributed by atoms with E-state index in [1.807, 2.05) is 47.6 Å². The van der Waals surface area contributed by atoms with Crippen LogP contribution in [-0.4, -0.2) is 43.8 Å². The average molecular weight is 633 g/mol. The van der Waals surface area contributed by atoms with Crippen LogP contribution in [0.5, 0.6) is 0 Å². The first-order valence-corrected chi connectivity index (χ1v) is 16.2. The molecule has 0 heterocycles. The van der Waals surface area contributed by atoms with Crippen molar-refractivity contribution >= 4 is 50.7 Å². The fourth-order valence-electron chi connectivity index (χ4n) is 4.66. The Balaban J connectivity index is 2.11. The topological polar surface area (TPSA) is 86.8 Å². The molecule has 2 atom stereocenters. The second-order valence-corrected chi connectivity index (χ2v) is 13.4. The van der Waals surface area contributed by atoms with Crippen LogP contribution >= 0.6 is 23.2 Å². The molecular formula is C32H39Cl2N3O4S. The Hall–Kier alpha value is -3.07. The second kappa shape index (κ2) is 14.4. The summed E-state index contributed by atoms with van der Waals surface area (Å²) in [4.78, 5) is 29.1. The first kappa shape index (κ1) is 33.4. The summed E-state index contributed by atoms with van der Waals surface area (Å²) < 4.78 is 29.3. The van der Waals surface area contributed by atoms with Crippen molar-refractivity contribution in [3.8, 4) is 0 Å². The van der Waals surface area contributed by atoms with Crippen molar-refractivity contribution in [1.29, 1.82) is 0 Å². The lowest BCUT2D eigenvalue weighted by atomic mass is 10.1. The van der Waals surface area contributed by atoms with E-state index < -0.39 is 28.5 Å². The monoisotopic (exact) mass is 631 g/mol. The number of benzene rings is 3. The maximum atomic E-state index is 14.2. The first-order valence-electron chi connectivity index (χ1n) is 14.0. The summed E-state index contributed by atoms with van der Waals surface area (Å²) >= 11 is 12.4. The van der Waals surface area contributed by atoms with Crippen molar-refractivity contribution in [1.82, 2.24) is 10.2 Å². The van der Waals surface area contributed by atoms with Gasteiger partial charge in [0.2, 0.25) is 11.8 Å². The molecule has 0 aliphatic heterocycles. The number of rotatable bonds is 12. The Bertz CT molecular complexity index is 1510. The number of amides is 2. The Morgan fingerprint density at radius 3 is 2.00 bits per heavy atom. The van der Waals surface area contributed by atoms with Gasteiger partial charge in [-0.1, -0.05) is 66.9 Å². The summed E-state index contributed by atoms with van der Waals surface area (Å²) in [6, 6.07) is 16.0. The van der Waals surface area contributed by atoms with Gasteiger partial charge in [-0.05, 0) is 93.6 Å². The van der Waals surface area contributed by atoms with E-state index in [0.717, 1.165) is 27.4 Å². The third-order valence-corrected chi connectivity index (χ3v) is 9.63. The molecule has 3 aromatic rings. The molecule has 7 nitrogen and oxygen atoms in total. The fourth-order valence-corrected chi connectivity index (χ4v) is 6.37. The normalized spacial score (nSPS) is 12.9. The van der Waals surface area contributed by atoms with E-state index in [1.54, 1.807) is 42.5 Å². The van der Waals surface area contributed by atoms with Crippen LogP contribution in [0.2, 0.25) is 10.0 Å². The van der Waals surface area contributed by atoms with Crippen LogP contribution in [0, 0.1) is 20.8 Å². The van der Waals surface area contributed by atoms with Crippen LogP contribution in [0.4, 0.5) is 5.69 Å². The highest BCUT2D eigenvalue weighted by Crippen LogP contribution is 2.28. The zero-order chi connectivity index (χ0) is 31.2. The van der Waals surface area contributed by atoms with Gasteiger partial charge in [0.1, 0.15) is 12.6 Å². The SMILES string of the molecule is CCC(C)NC(=O)C(CC)N(Cc1ccc(Cl)c(Cl)c1)C(=O)CN(c1cc(C)cc(C)c1)S(=O)(=O)c1ccc(C)cc1. The Morgan fingerprint density at radius 2 is 1.45 bits per heavy atom. The summed E-state index contributed by atoms with van der Waals surface area (Å²) in [5.41, 5.74) is 3.65. The molecule has 0 saturated heterocycles. The molecule has 0 aliphatic carbocycles. The van der Waals surface area contributed by atoms with Gasteiger partial charge < -0.3 is 10.2 Å². The summed E-state index contributed by atoms with van der Waals surface area (Å²) in [5, 5.41) is 3.65. The highest BCUT2D eigenvalue weighted by molar-refractivity contribution is 7.92. The first-order chi connectivity index (χ1) is 19.8. The van der Waals surface area contributed by atoms with Crippen molar-refractivity contribution in [3.63, 3.8) is 0 Å². The van der Waals surface area contributed by atoms with E-state index >= 15 is 0 Å². The Morgan fingerprint density at radius 1 is 0.833 bits per heavy atom. The van der Waals surface area contributed by atoms with Crippen LogP contribution in [0.15, 0.2) is 65.6 Å². The van der Waals surface area contributed by atoms with E-state index in [9.17, 15) is 18.0 Å². The van der Waals surface area contributed by atoms with Gasteiger partial charge in [0, 0.05) is 12.6 Å². The van der Waals surface area contributed by atoms with E-state index in [0.29, 0.717) is 27.7 Å². The summed E-state index contributed by atoms with van der Waals surface area (Å²) in [7, 11) is -4.15. The fraction of sp³-hybridized carbons (Fsp3) is 0.375. The molecule has 0 aromatic heterocycles. The predicted molar refractivity (Wildman–Crippen MR) is 171 cm³/mol. The van der Waals surface area contributed by atoms with Gasteiger partial charge >= 0.3 is 0 Å². The van der Waals surface area contributed by atoms with Gasteiger partial charge in [0.15, 0.2) is 0 Å². The number of aryl methyl sites for hydroxylation is 3. The highest BCUT2D eigenvalue weighted by Gasteiger charge is 2.34. The van der Waals surface area contributed by atoms with Crippen molar-refractivity contribution in [2.75, 3.05) is 10.8 Å². The van der Waals surface area contributed by atoms with Crippen LogP contribution in [0.3, 0.4) is 0 Å². The lowest BCUT2D eigenvalue weighted by Crippen LogP contribution is -2.53. The maximum Gasteiger partial charge on any atom is 0.264 e. The van der Waals surface area contributed by atoms with Gasteiger partial charge in [-0.3, -0.25) is 13.9 Å². The third kappa shape index (κ3) is 8.27. The number of hydrogen-bond donors (Lipinski definition) is 1. The molecular weight excluding hydrogens is 593 g/mol. The van der Waals surface area contributed by atoms with Crippen molar-refractivity contribution in [2.45, 2.75) is 77.9 Å². The smallest absolute Gasteiger partial charge is 0.264 e. The minimum Gasteiger partial charge on any atom is -0.352 e. The zero-order valence-corrected chi connectivity index (χ0v) is 27.3. The van der Waals surface area contributed by atoms with Crippen LogP contribution in [0.1, 0.15) is 55.9 Å². The van der Waals surface area contributed by atoms with Crippen molar-refractivity contribution in [3.05, 3.63) is 93.0 Å². The van der Waals surface area contributed by atoms with Crippen molar-refractivity contribution in [2.24, 2.45) is 0 Å². The summed E-state index contributed by atoms with van der Waals surface area (Å²) in [6.07, 6.45) is 1.04. The second-order valence-electron chi connectivity index (χ2n) is 10.7. The Kier molecular flexibility index (Phi) is 11.5. The van der Waals surface area contributed by atoms with Crippen LogP contribution < -0.4 is 9.62 Å². The summed E-state index contributed by atoms with van der Waals surface area (Å²) in [5.74, 6) is -0.832. The molecule has 2 unspecified atom stereocenters. The molecule has 3 rings (SSSR count). The number of nitrogens with one attached hydrogen (secondary N) is 1. The molecule has 3 aromatic carbocycles. The van der Waals surface area contributed by atoms with Crippen LogP contribution in [-0.2, 0) is 26.2 Å². The van der Waals surface area contributed by atoms with E-state index in [4.69, 9.17) is 23.2 Å². The molecule has 0 bridgehead atoms. The molecule has 0 aliphatic rings. The standard InChI is InChI=1S/C32H39Cl2N3O4S/c1-7-24(6)35-32(39)30(8-2)36(19-25-11-14-28(33)29(34)18-25)31(38)20-37(26-16-22(4)15-23(5)17-26)42(40,41)27-12-9-21(3)10-13-27/h9-18,24,30H,7-8,19-20H2,1-6H3,(H,35,39). The minimum absolute atomic E-state index is 0.0351. The van der Waals surface area contributed by atoms with E-state index in [1.165, 1.54) is 17.0 Å².